The average molecular weight is 449 g/mol. The first-order valence-electron chi connectivity index (χ1n) is 10.5. The van der Waals surface area contributed by atoms with Crippen LogP contribution in [-0.2, 0) is 6.42 Å². The third-order valence-electron chi connectivity index (χ3n) is 4.86. The number of hydrogen-bond donors (Lipinski definition) is 4. The van der Waals surface area contributed by atoms with E-state index in [4.69, 9.17) is 11.5 Å². The van der Waals surface area contributed by atoms with Gasteiger partial charge in [0.05, 0.1) is 28.6 Å². The fourth-order valence-corrected chi connectivity index (χ4v) is 3.10. The van der Waals surface area contributed by atoms with E-state index in [1.54, 1.807) is 24.4 Å². The lowest BCUT2D eigenvalue weighted by atomic mass is 10.0. The number of aryl methyl sites for hydroxylation is 1. The monoisotopic (exact) mass is 448 g/mol. The van der Waals surface area contributed by atoms with Crippen LogP contribution in [0.5, 0.6) is 0 Å². The maximum absolute atomic E-state index is 14.8. The largest absolute Gasteiger partial charge is 0.391 e. The van der Waals surface area contributed by atoms with E-state index in [2.05, 4.69) is 32.1 Å². The van der Waals surface area contributed by atoms with Gasteiger partial charge >= 0.3 is 0 Å². The highest BCUT2D eigenvalue weighted by Gasteiger charge is 2.17. The molecule has 1 unspecified atom stereocenters. The van der Waals surface area contributed by atoms with Crippen LogP contribution >= 0.6 is 0 Å². The first-order valence-corrected chi connectivity index (χ1v) is 10.5. The Morgan fingerprint density at radius 3 is 2.70 bits per heavy atom. The van der Waals surface area contributed by atoms with Crippen LogP contribution in [0, 0.1) is 17.7 Å². The van der Waals surface area contributed by atoms with E-state index in [-0.39, 0.29) is 12.1 Å². The molecule has 3 rings (SSSR count). The van der Waals surface area contributed by atoms with Crippen molar-refractivity contribution >= 4 is 11.7 Å². The van der Waals surface area contributed by atoms with Gasteiger partial charge in [0.2, 0.25) is 0 Å². The zero-order valence-electron chi connectivity index (χ0n) is 18.2. The van der Waals surface area contributed by atoms with Crippen molar-refractivity contribution in [3.8, 4) is 23.1 Å². The summed E-state index contributed by atoms with van der Waals surface area (Å²) in [5.41, 5.74) is 13.7. The van der Waals surface area contributed by atoms with Crippen LogP contribution in [0.2, 0.25) is 0 Å². The molecule has 0 spiro atoms. The molecule has 1 aromatic carbocycles. The van der Waals surface area contributed by atoms with Crippen molar-refractivity contribution in [1.29, 1.82) is 0 Å². The summed E-state index contributed by atoms with van der Waals surface area (Å²) in [7, 11) is 0. The number of nitrogens with zero attached hydrogens (tertiary/aromatic N) is 3. The average Bonchev–Trinajstić information content (AvgIpc) is 2.82. The van der Waals surface area contributed by atoms with Crippen LogP contribution in [0.3, 0.4) is 0 Å². The lowest BCUT2D eigenvalue weighted by Gasteiger charge is -2.12. The number of aromatic nitrogens is 3. The van der Waals surface area contributed by atoms with E-state index in [9.17, 15) is 14.3 Å². The number of benzene rings is 1. The highest BCUT2D eigenvalue weighted by atomic mass is 19.1. The number of nitrogens with one attached hydrogen (secondary N) is 1. The SMILES string of the molecule is CCc1ncnc(-c2ccc(C(=O)NCC(O)CCN)c(F)c2)c1C#Cc1ccc(N)nc1. The zero-order valence-corrected chi connectivity index (χ0v) is 18.2. The highest BCUT2D eigenvalue weighted by Crippen LogP contribution is 2.25. The number of carbonyl (C=O) groups excluding carboxylic acids is 1. The minimum atomic E-state index is -0.785. The van der Waals surface area contributed by atoms with Gasteiger partial charge in [-0.2, -0.15) is 0 Å². The number of anilines is 1. The van der Waals surface area contributed by atoms with Crippen molar-refractivity contribution in [2.75, 3.05) is 18.8 Å². The summed E-state index contributed by atoms with van der Waals surface area (Å²) in [6.07, 6.45) is 3.13. The van der Waals surface area contributed by atoms with E-state index < -0.39 is 17.8 Å². The molecule has 0 aliphatic carbocycles. The fraction of sp³-hybridized carbons (Fsp3) is 0.250. The number of carbonyl (C=O) groups is 1. The lowest BCUT2D eigenvalue weighted by molar-refractivity contribution is 0.0908. The molecule has 0 aliphatic heterocycles. The second-order valence-corrected chi connectivity index (χ2v) is 7.26. The Morgan fingerprint density at radius 1 is 1.21 bits per heavy atom. The van der Waals surface area contributed by atoms with Gasteiger partial charge in [-0.25, -0.2) is 19.3 Å². The molecule has 33 heavy (non-hydrogen) atoms. The van der Waals surface area contributed by atoms with Gasteiger partial charge in [0.25, 0.3) is 5.91 Å². The predicted octanol–water partition coefficient (Wildman–Crippen LogP) is 1.66. The van der Waals surface area contributed by atoms with Crippen molar-refractivity contribution in [2.45, 2.75) is 25.9 Å². The number of hydrogen-bond acceptors (Lipinski definition) is 7. The molecule has 1 atom stereocenters. The van der Waals surface area contributed by atoms with Crippen LogP contribution in [-0.4, -0.2) is 45.2 Å². The number of amides is 1. The van der Waals surface area contributed by atoms with E-state index in [0.717, 1.165) is 0 Å². The molecule has 9 heteroatoms. The summed E-state index contributed by atoms with van der Waals surface area (Å²) in [4.78, 5) is 25.0. The molecular formula is C24H25FN6O2. The molecule has 170 valence electrons. The van der Waals surface area contributed by atoms with Crippen molar-refractivity contribution in [3.63, 3.8) is 0 Å². The topological polar surface area (TPSA) is 140 Å². The Morgan fingerprint density at radius 2 is 2.03 bits per heavy atom. The minimum absolute atomic E-state index is 0.0112. The van der Waals surface area contributed by atoms with Crippen LogP contribution in [0.25, 0.3) is 11.3 Å². The van der Waals surface area contributed by atoms with Crippen LogP contribution in [0.4, 0.5) is 10.2 Å². The molecule has 1 amide bonds. The van der Waals surface area contributed by atoms with Gasteiger partial charge in [0, 0.05) is 23.9 Å². The standard InChI is InChI=1S/C24H25FN6O2/c1-2-21-19(6-3-15-4-8-22(27)28-12-15)23(31-14-30-21)16-5-7-18(20(25)11-16)24(33)29-13-17(32)9-10-26/h4-5,7-8,11-12,14,17,32H,2,9-10,13,26H2,1H3,(H2,27,28)(H,29,33). The molecule has 0 aliphatic rings. The highest BCUT2D eigenvalue weighted by molar-refractivity contribution is 5.95. The number of nitrogens with two attached hydrogens (primary N) is 2. The van der Waals surface area contributed by atoms with Gasteiger partial charge in [-0.05, 0) is 43.7 Å². The Hall–Kier alpha value is -3.87. The van der Waals surface area contributed by atoms with Crippen LogP contribution in [0.1, 0.15) is 40.5 Å². The van der Waals surface area contributed by atoms with Gasteiger partial charge in [-0.3, -0.25) is 4.79 Å². The smallest absolute Gasteiger partial charge is 0.254 e. The summed E-state index contributed by atoms with van der Waals surface area (Å²) < 4.78 is 14.8. The third kappa shape index (κ3) is 6.10. The molecule has 8 nitrogen and oxygen atoms in total. The first-order chi connectivity index (χ1) is 15.9. The number of nitrogen functional groups attached to an aromatic ring is 1. The minimum Gasteiger partial charge on any atom is -0.391 e. The summed E-state index contributed by atoms with van der Waals surface area (Å²) in [6, 6.07) is 7.63. The quantitative estimate of drug-likeness (QED) is 0.403. The molecule has 0 radical (unpaired) electrons. The van der Waals surface area contributed by atoms with Gasteiger partial charge in [0.15, 0.2) is 0 Å². The van der Waals surface area contributed by atoms with Crippen molar-refractivity contribution < 1.29 is 14.3 Å². The summed E-state index contributed by atoms with van der Waals surface area (Å²) >= 11 is 0. The summed E-state index contributed by atoms with van der Waals surface area (Å²) in [6.45, 7) is 2.22. The van der Waals surface area contributed by atoms with Gasteiger partial charge in [0.1, 0.15) is 18.0 Å². The number of aliphatic hydroxyl groups is 1. The molecule has 2 heterocycles. The van der Waals surface area contributed by atoms with Gasteiger partial charge in [-0.1, -0.05) is 24.8 Å². The van der Waals surface area contributed by atoms with Gasteiger partial charge < -0.3 is 21.9 Å². The predicted molar refractivity (Wildman–Crippen MR) is 123 cm³/mol. The molecule has 0 saturated heterocycles. The van der Waals surface area contributed by atoms with Crippen molar-refractivity contribution in [1.82, 2.24) is 20.3 Å². The van der Waals surface area contributed by atoms with E-state index in [1.807, 2.05) is 6.92 Å². The number of aliphatic hydroxyl groups excluding tert-OH is 1. The molecule has 6 N–H and O–H groups in total. The third-order valence-corrected chi connectivity index (χ3v) is 4.86. The van der Waals surface area contributed by atoms with Crippen molar-refractivity contribution in [3.05, 3.63) is 71.1 Å². The van der Waals surface area contributed by atoms with Crippen molar-refractivity contribution in [2.24, 2.45) is 5.73 Å². The Balaban J connectivity index is 1.91. The summed E-state index contributed by atoms with van der Waals surface area (Å²) in [5, 5.41) is 12.2. The Labute approximate surface area is 191 Å². The van der Waals surface area contributed by atoms with E-state index >= 15 is 0 Å². The molecule has 2 aromatic heterocycles. The lowest BCUT2D eigenvalue weighted by Crippen LogP contribution is -2.33. The number of rotatable bonds is 7. The number of halogens is 1. The first kappa shape index (κ1) is 23.8. The molecule has 0 bridgehead atoms. The maximum Gasteiger partial charge on any atom is 0.254 e. The second kappa shape index (κ2) is 11.1. The fourth-order valence-electron chi connectivity index (χ4n) is 3.10. The Bertz CT molecular complexity index is 1190. The van der Waals surface area contributed by atoms with Crippen LogP contribution in [0.15, 0.2) is 42.9 Å². The number of pyridine rings is 1. The second-order valence-electron chi connectivity index (χ2n) is 7.26. The Kier molecular flexibility index (Phi) is 8.02. The van der Waals surface area contributed by atoms with E-state index in [0.29, 0.717) is 53.3 Å². The maximum atomic E-state index is 14.8. The van der Waals surface area contributed by atoms with Crippen LogP contribution < -0.4 is 16.8 Å². The zero-order chi connectivity index (χ0) is 23.8. The molecular weight excluding hydrogens is 423 g/mol. The normalized spacial score (nSPS) is 11.4. The molecule has 0 saturated carbocycles. The summed E-state index contributed by atoms with van der Waals surface area (Å²) in [5.74, 6) is 5.15. The van der Waals surface area contributed by atoms with E-state index in [1.165, 1.54) is 18.5 Å². The van der Waals surface area contributed by atoms with Gasteiger partial charge in [-0.15, -0.1) is 0 Å². The molecule has 0 fully saturated rings. The molecule has 3 aromatic rings.